The van der Waals surface area contributed by atoms with E-state index < -0.39 is 15.7 Å². The van der Waals surface area contributed by atoms with E-state index in [9.17, 15) is 13.2 Å². The highest BCUT2D eigenvalue weighted by molar-refractivity contribution is 7.92. The van der Waals surface area contributed by atoms with Gasteiger partial charge in [-0.1, -0.05) is 18.9 Å². The number of carbonyl (C=O) groups is 1. The number of carbonyl (C=O) groups excluding carboxylic acids is 1. The van der Waals surface area contributed by atoms with Crippen molar-refractivity contribution in [1.82, 2.24) is 0 Å². The van der Waals surface area contributed by atoms with Crippen molar-refractivity contribution in [1.29, 1.82) is 0 Å². The van der Waals surface area contributed by atoms with Crippen molar-refractivity contribution in [2.24, 2.45) is 0 Å². The Hall–Kier alpha value is -2.74. The van der Waals surface area contributed by atoms with Crippen molar-refractivity contribution in [3.05, 3.63) is 42.0 Å². The Balaban J connectivity index is 1.89. The van der Waals surface area contributed by atoms with E-state index >= 15 is 0 Å². The summed E-state index contributed by atoms with van der Waals surface area (Å²) in [6.45, 7) is 0. The Morgan fingerprint density at radius 3 is 2.28 bits per heavy atom. The van der Waals surface area contributed by atoms with Crippen molar-refractivity contribution in [3.8, 4) is 17.2 Å². The third-order valence-electron chi connectivity index (χ3n) is 5.11. The van der Waals surface area contributed by atoms with Crippen LogP contribution in [0.1, 0.15) is 36.0 Å². The largest absolute Gasteiger partial charge is 0.493 e. The van der Waals surface area contributed by atoms with Crippen LogP contribution < -0.4 is 19.5 Å². The lowest BCUT2D eigenvalue weighted by Crippen LogP contribution is -2.18. The summed E-state index contributed by atoms with van der Waals surface area (Å²) in [7, 11) is 0.978. The fourth-order valence-corrected chi connectivity index (χ4v) is 5.52. The first-order valence-electron chi connectivity index (χ1n) is 9.36. The lowest BCUT2D eigenvalue weighted by molar-refractivity contribution is 0.102. The van der Waals surface area contributed by atoms with Crippen LogP contribution >= 0.6 is 0 Å². The van der Waals surface area contributed by atoms with Crippen LogP contribution in [0.25, 0.3) is 0 Å². The van der Waals surface area contributed by atoms with Crippen LogP contribution in [-0.2, 0) is 9.84 Å². The number of anilines is 1. The summed E-state index contributed by atoms with van der Waals surface area (Å²) in [6, 6.07) is 9.52. The van der Waals surface area contributed by atoms with Crippen molar-refractivity contribution in [3.63, 3.8) is 0 Å². The standard InChI is InChI=1S/C21H25NO6S/c1-26-18-12-11-17(19(27-2)20(18)28-3)21(23)22-14-7-6-10-16(13-14)29(24,25)15-8-4-5-9-15/h6-7,10-13,15H,4-5,8-9H2,1-3H3,(H,22,23). The van der Waals surface area contributed by atoms with Crippen LogP contribution in [0, 0.1) is 0 Å². The van der Waals surface area contributed by atoms with Crippen molar-refractivity contribution in [2.75, 3.05) is 26.6 Å². The molecule has 2 aromatic rings. The molecule has 0 aromatic heterocycles. The van der Waals surface area contributed by atoms with E-state index in [-0.39, 0.29) is 21.5 Å². The molecule has 0 radical (unpaired) electrons. The lowest BCUT2D eigenvalue weighted by Gasteiger charge is -2.16. The second-order valence-electron chi connectivity index (χ2n) is 6.82. The first-order chi connectivity index (χ1) is 13.9. The van der Waals surface area contributed by atoms with Crippen LogP contribution in [0.2, 0.25) is 0 Å². The zero-order chi connectivity index (χ0) is 21.0. The van der Waals surface area contributed by atoms with Crippen LogP contribution in [0.3, 0.4) is 0 Å². The van der Waals surface area contributed by atoms with Gasteiger partial charge in [0.15, 0.2) is 21.3 Å². The molecule has 1 saturated carbocycles. The second-order valence-corrected chi connectivity index (χ2v) is 9.04. The minimum absolute atomic E-state index is 0.224. The zero-order valence-electron chi connectivity index (χ0n) is 16.7. The summed E-state index contributed by atoms with van der Waals surface area (Å²) < 4.78 is 41.6. The Morgan fingerprint density at radius 2 is 1.66 bits per heavy atom. The third kappa shape index (κ3) is 4.17. The maximum Gasteiger partial charge on any atom is 0.259 e. The summed E-state index contributed by atoms with van der Waals surface area (Å²) in [5.41, 5.74) is 0.639. The Labute approximate surface area is 170 Å². The highest BCUT2D eigenvalue weighted by Gasteiger charge is 2.30. The average Bonchev–Trinajstić information content (AvgIpc) is 3.28. The molecule has 2 aromatic carbocycles. The molecule has 156 valence electrons. The van der Waals surface area contributed by atoms with Crippen molar-refractivity contribution < 1.29 is 27.4 Å². The zero-order valence-corrected chi connectivity index (χ0v) is 17.5. The molecule has 0 unspecified atom stereocenters. The molecular weight excluding hydrogens is 394 g/mol. The Kier molecular flexibility index (Phi) is 6.32. The second kappa shape index (κ2) is 8.73. The molecule has 0 saturated heterocycles. The number of methoxy groups -OCH3 is 3. The molecule has 29 heavy (non-hydrogen) atoms. The average molecular weight is 419 g/mol. The minimum atomic E-state index is -3.41. The lowest BCUT2D eigenvalue weighted by atomic mass is 10.1. The van der Waals surface area contributed by atoms with Gasteiger partial charge >= 0.3 is 0 Å². The van der Waals surface area contributed by atoms with Gasteiger partial charge in [0.25, 0.3) is 5.91 Å². The molecule has 0 bridgehead atoms. The molecule has 1 aliphatic carbocycles. The molecule has 0 aliphatic heterocycles. The van der Waals surface area contributed by atoms with E-state index in [2.05, 4.69) is 5.32 Å². The van der Waals surface area contributed by atoms with E-state index in [0.29, 0.717) is 30.0 Å². The SMILES string of the molecule is COc1ccc(C(=O)Nc2cccc(S(=O)(=O)C3CCCC3)c2)c(OC)c1OC. The Morgan fingerprint density at radius 1 is 0.966 bits per heavy atom. The Bertz CT molecular complexity index is 996. The van der Waals surface area contributed by atoms with E-state index in [1.54, 1.807) is 30.3 Å². The summed E-state index contributed by atoms with van der Waals surface area (Å²) in [6.07, 6.45) is 3.22. The van der Waals surface area contributed by atoms with Crippen LogP contribution in [0.15, 0.2) is 41.3 Å². The van der Waals surface area contributed by atoms with Crippen LogP contribution in [0.4, 0.5) is 5.69 Å². The molecule has 0 spiro atoms. The molecule has 1 aliphatic rings. The quantitative estimate of drug-likeness (QED) is 0.736. The topological polar surface area (TPSA) is 90.9 Å². The van der Waals surface area contributed by atoms with Gasteiger partial charge in [-0.15, -0.1) is 0 Å². The number of nitrogens with one attached hydrogen (secondary N) is 1. The minimum Gasteiger partial charge on any atom is -0.493 e. The summed E-state index contributed by atoms with van der Waals surface area (Å²) >= 11 is 0. The molecule has 0 atom stereocenters. The molecule has 3 rings (SSSR count). The van der Waals surface area contributed by atoms with Crippen molar-refractivity contribution in [2.45, 2.75) is 35.8 Å². The molecule has 0 heterocycles. The monoisotopic (exact) mass is 419 g/mol. The number of sulfone groups is 1. The first kappa shape index (κ1) is 21.0. The number of rotatable bonds is 7. The molecule has 7 nitrogen and oxygen atoms in total. The highest BCUT2D eigenvalue weighted by atomic mass is 32.2. The summed E-state index contributed by atoms with van der Waals surface area (Å²) in [4.78, 5) is 13.1. The van der Waals surface area contributed by atoms with Crippen molar-refractivity contribution >= 4 is 21.4 Å². The first-order valence-corrected chi connectivity index (χ1v) is 10.9. The summed E-state index contributed by atoms with van der Waals surface area (Å²) in [5, 5.41) is 2.40. The molecular formula is C21H25NO6S. The number of ether oxygens (including phenoxy) is 3. The fraction of sp³-hybridized carbons (Fsp3) is 0.381. The van der Waals surface area contributed by atoms with E-state index in [4.69, 9.17) is 14.2 Å². The highest BCUT2D eigenvalue weighted by Crippen LogP contribution is 2.40. The number of hydrogen-bond acceptors (Lipinski definition) is 6. The maximum absolute atomic E-state index is 12.8. The van der Waals surface area contributed by atoms with Gasteiger partial charge in [-0.3, -0.25) is 4.79 Å². The van der Waals surface area contributed by atoms with Crippen LogP contribution in [0.5, 0.6) is 17.2 Å². The van der Waals surface area contributed by atoms with Gasteiger partial charge in [0, 0.05) is 5.69 Å². The fourth-order valence-electron chi connectivity index (χ4n) is 3.62. The van der Waals surface area contributed by atoms with Gasteiger partial charge in [-0.2, -0.15) is 0 Å². The summed E-state index contributed by atoms with van der Waals surface area (Å²) in [5.74, 6) is 0.531. The predicted molar refractivity (Wildman–Crippen MR) is 110 cm³/mol. The maximum atomic E-state index is 12.8. The normalized spacial score (nSPS) is 14.4. The third-order valence-corrected chi connectivity index (χ3v) is 7.37. The van der Waals surface area contributed by atoms with Gasteiger partial charge < -0.3 is 19.5 Å². The van der Waals surface area contributed by atoms with Gasteiger partial charge in [-0.05, 0) is 43.2 Å². The predicted octanol–water partition coefficient (Wildman–Crippen LogP) is 3.68. The molecule has 1 N–H and O–H groups in total. The molecule has 1 amide bonds. The number of amides is 1. The smallest absolute Gasteiger partial charge is 0.259 e. The van der Waals surface area contributed by atoms with Gasteiger partial charge in [0.1, 0.15) is 0 Å². The van der Waals surface area contributed by atoms with E-state index in [0.717, 1.165) is 12.8 Å². The van der Waals surface area contributed by atoms with E-state index in [1.165, 1.54) is 27.4 Å². The molecule has 1 fully saturated rings. The number of hydrogen-bond donors (Lipinski definition) is 1. The number of benzene rings is 2. The van der Waals surface area contributed by atoms with Gasteiger partial charge in [0.05, 0.1) is 37.0 Å². The van der Waals surface area contributed by atoms with Gasteiger partial charge in [-0.25, -0.2) is 8.42 Å². The van der Waals surface area contributed by atoms with Crippen LogP contribution in [-0.4, -0.2) is 40.9 Å². The van der Waals surface area contributed by atoms with E-state index in [1.807, 2.05) is 0 Å². The van der Waals surface area contributed by atoms with Gasteiger partial charge in [0.2, 0.25) is 5.75 Å². The molecule has 8 heteroatoms.